The predicted molar refractivity (Wildman–Crippen MR) is 97.9 cm³/mol. The van der Waals surface area contributed by atoms with E-state index in [1.165, 1.54) is 38.5 Å². The van der Waals surface area contributed by atoms with Gasteiger partial charge in [-0.05, 0) is 19.4 Å². The summed E-state index contributed by atoms with van der Waals surface area (Å²) in [5.41, 5.74) is 0. The first-order valence-corrected chi connectivity index (χ1v) is 9.80. The SMILES string of the molecule is COCCN(C)Cc1noc(C(CCCC2CCCCC2)CC(=O)O)n1. The van der Waals surface area contributed by atoms with E-state index in [9.17, 15) is 9.90 Å². The molecule has 1 N–H and O–H groups in total. The molecule has 1 saturated carbocycles. The molecular weight excluding hydrogens is 334 g/mol. The van der Waals surface area contributed by atoms with Crippen LogP contribution < -0.4 is 0 Å². The number of ether oxygens (including phenoxy) is 1. The van der Waals surface area contributed by atoms with Gasteiger partial charge in [-0.25, -0.2) is 0 Å². The Morgan fingerprint density at radius 3 is 2.85 bits per heavy atom. The van der Waals surface area contributed by atoms with E-state index >= 15 is 0 Å². The molecule has 1 fully saturated rings. The third kappa shape index (κ3) is 7.41. The number of hydrogen-bond acceptors (Lipinski definition) is 6. The summed E-state index contributed by atoms with van der Waals surface area (Å²) in [5, 5.41) is 13.3. The van der Waals surface area contributed by atoms with Crippen molar-refractivity contribution in [2.24, 2.45) is 5.92 Å². The van der Waals surface area contributed by atoms with Crippen LogP contribution in [-0.2, 0) is 16.1 Å². The molecule has 7 heteroatoms. The van der Waals surface area contributed by atoms with Crippen LogP contribution in [-0.4, -0.2) is 53.4 Å². The number of hydrogen-bond donors (Lipinski definition) is 1. The molecule has 0 spiro atoms. The zero-order chi connectivity index (χ0) is 18.8. The van der Waals surface area contributed by atoms with Crippen LogP contribution in [0.5, 0.6) is 0 Å². The van der Waals surface area contributed by atoms with Crippen LogP contribution in [0.1, 0.15) is 75.4 Å². The van der Waals surface area contributed by atoms with Crippen molar-refractivity contribution in [1.82, 2.24) is 15.0 Å². The molecule has 1 aromatic rings. The van der Waals surface area contributed by atoms with Crippen molar-refractivity contribution in [2.75, 3.05) is 27.3 Å². The molecule has 148 valence electrons. The highest BCUT2D eigenvalue weighted by Gasteiger charge is 2.23. The maximum absolute atomic E-state index is 11.2. The Morgan fingerprint density at radius 2 is 2.15 bits per heavy atom. The highest BCUT2D eigenvalue weighted by molar-refractivity contribution is 5.67. The van der Waals surface area contributed by atoms with E-state index in [1.54, 1.807) is 7.11 Å². The molecule has 1 unspecified atom stereocenters. The van der Waals surface area contributed by atoms with Crippen LogP contribution in [0, 0.1) is 5.92 Å². The second-order valence-electron chi connectivity index (χ2n) is 7.51. The Morgan fingerprint density at radius 1 is 1.38 bits per heavy atom. The molecule has 1 heterocycles. The fraction of sp³-hybridized carbons (Fsp3) is 0.842. The van der Waals surface area contributed by atoms with Gasteiger partial charge in [0, 0.05) is 19.6 Å². The molecule has 0 aliphatic heterocycles. The molecule has 0 aromatic carbocycles. The molecule has 1 aliphatic rings. The number of methoxy groups -OCH3 is 1. The van der Waals surface area contributed by atoms with Gasteiger partial charge in [0.1, 0.15) is 0 Å². The molecule has 1 aliphatic carbocycles. The molecule has 2 rings (SSSR count). The summed E-state index contributed by atoms with van der Waals surface area (Å²) in [6, 6.07) is 0. The van der Waals surface area contributed by atoms with E-state index in [4.69, 9.17) is 9.26 Å². The number of carboxylic acids is 1. The minimum absolute atomic E-state index is 0.0474. The Labute approximate surface area is 156 Å². The highest BCUT2D eigenvalue weighted by Crippen LogP contribution is 2.31. The predicted octanol–water partition coefficient (Wildman–Crippen LogP) is 3.46. The maximum atomic E-state index is 11.2. The van der Waals surface area contributed by atoms with Crippen LogP contribution in [0.25, 0.3) is 0 Å². The molecule has 0 amide bonds. The van der Waals surface area contributed by atoms with Crippen LogP contribution in [0.3, 0.4) is 0 Å². The van der Waals surface area contributed by atoms with Crippen molar-refractivity contribution in [2.45, 2.75) is 70.3 Å². The van der Waals surface area contributed by atoms with E-state index in [1.807, 2.05) is 11.9 Å². The van der Waals surface area contributed by atoms with E-state index in [2.05, 4.69) is 10.1 Å². The van der Waals surface area contributed by atoms with Crippen LogP contribution >= 0.6 is 0 Å². The van der Waals surface area contributed by atoms with Gasteiger partial charge in [-0.15, -0.1) is 0 Å². The van der Waals surface area contributed by atoms with Crippen LogP contribution in [0.15, 0.2) is 4.52 Å². The van der Waals surface area contributed by atoms with Crippen molar-refractivity contribution >= 4 is 5.97 Å². The van der Waals surface area contributed by atoms with Gasteiger partial charge in [0.15, 0.2) is 5.82 Å². The Hall–Kier alpha value is -1.47. The van der Waals surface area contributed by atoms with Gasteiger partial charge in [0.2, 0.25) is 5.89 Å². The first kappa shape index (κ1) is 20.8. The van der Waals surface area contributed by atoms with Gasteiger partial charge in [0.25, 0.3) is 0 Å². The topological polar surface area (TPSA) is 88.7 Å². The van der Waals surface area contributed by atoms with E-state index < -0.39 is 5.97 Å². The smallest absolute Gasteiger partial charge is 0.304 e. The lowest BCUT2D eigenvalue weighted by molar-refractivity contribution is -0.137. The van der Waals surface area contributed by atoms with E-state index in [-0.39, 0.29) is 12.3 Å². The monoisotopic (exact) mass is 367 g/mol. The van der Waals surface area contributed by atoms with Gasteiger partial charge in [0.05, 0.1) is 19.6 Å². The third-order valence-corrected chi connectivity index (χ3v) is 5.23. The van der Waals surface area contributed by atoms with Gasteiger partial charge in [-0.1, -0.05) is 50.1 Å². The first-order valence-electron chi connectivity index (χ1n) is 9.80. The molecule has 0 bridgehead atoms. The van der Waals surface area contributed by atoms with Gasteiger partial charge in [-0.2, -0.15) is 4.98 Å². The van der Waals surface area contributed by atoms with Gasteiger partial charge in [-0.3, -0.25) is 9.69 Å². The molecule has 1 aromatic heterocycles. The molecule has 7 nitrogen and oxygen atoms in total. The number of aromatic nitrogens is 2. The standard InChI is InChI=1S/C19H33N3O4/c1-22(11-12-25-2)14-17-20-19(26-21-17)16(13-18(23)24)10-6-9-15-7-4-3-5-8-15/h15-16H,3-14H2,1-2H3,(H,23,24). The Kier molecular flexibility index (Phi) is 9.05. The number of likely N-dealkylation sites (N-methyl/N-ethyl adjacent to an activating group) is 1. The fourth-order valence-electron chi connectivity index (χ4n) is 3.72. The average molecular weight is 367 g/mol. The van der Waals surface area contributed by atoms with Crippen molar-refractivity contribution in [3.05, 3.63) is 11.7 Å². The summed E-state index contributed by atoms with van der Waals surface area (Å²) in [6.07, 6.45) is 9.73. The normalized spacial score (nSPS) is 16.9. The minimum Gasteiger partial charge on any atom is -0.481 e. The lowest BCUT2D eigenvalue weighted by atomic mass is 9.84. The summed E-state index contributed by atoms with van der Waals surface area (Å²) in [5.74, 6) is 0.862. The second kappa shape index (κ2) is 11.3. The minimum atomic E-state index is -0.815. The quantitative estimate of drug-likeness (QED) is 0.605. The van der Waals surface area contributed by atoms with E-state index in [0.717, 1.165) is 25.3 Å². The fourth-order valence-corrected chi connectivity index (χ4v) is 3.72. The highest BCUT2D eigenvalue weighted by atomic mass is 16.5. The lowest BCUT2D eigenvalue weighted by Gasteiger charge is -2.21. The number of aliphatic carboxylic acids is 1. The maximum Gasteiger partial charge on any atom is 0.304 e. The average Bonchev–Trinajstić information content (AvgIpc) is 3.08. The molecule has 0 saturated heterocycles. The van der Waals surface area contributed by atoms with E-state index in [0.29, 0.717) is 24.9 Å². The van der Waals surface area contributed by atoms with Crippen LogP contribution in [0.2, 0.25) is 0 Å². The largest absolute Gasteiger partial charge is 0.481 e. The number of rotatable bonds is 12. The Bertz CT molecular complexity index is 529. The van der Waals surface area contributed by atoms with Crippen molar-refractivity contribution < 1.29 is 19.2 Å². The van der Waals surface area contributed by atoms with Gasteiger partial charge >= 0.3 is 5.97 Å². The number of carboxylic acid groups (broad SMARTS) is 1. The lowest BCUT2D eigenvalue weighted by Crippen LogP contribution is -2.22. The summed E-state index contributed by atoms with van der Waals surface area (Å²) in [4.78, 5) is 17.7. The van der Waals surface area contributed by atoms with Crippen molar-refractivity contribution in [3.63, 3.8) is 0 Å². The second-order valence-corrected chi connectivity index (χ2v) is 7.51. The van der Waals surface area contributed by atoms with Gasteiger partial charge < -0.3 is 14.4 Å². The van der Waals surface area contributed by atoms with Crippen molar-refractivity contribution in [3.8, 4) is 0 Å². The molecule has 1 atom stereocenters. The summed E-state index contributed by atoms with van der Waals surface area (Å²) < 4.78 is 10.5. The molecule has 26 heavy (non-hydrogen) atoms. The first-order chi connectivity index (χ1) is 12.6. The number of nitrogens with zero attached hydrogens (tertiary/aromatic N) is 3. The zero-order valence-corrected chi connectivity index (χ0v) is 16.2. The third-order valence-electron chi connectivity index (χ3n) is 5.23. The molecular formula is C19H33N3O4. The molecule has 0 radical (unpaired) electrons. The summed E-state index contributed by atoms with van der Waals surface area (Å²) >= 11 is 0. The number of carbonyl (C=O) groups is 1. The zero-order valence-electron chi connectivity index (χ0n) is 16.2. The summed E-state index contributed by atoms with van der Waals surface area (Å²) in [7, 11) is 3.64. The Balaban J connectivity index is 1.86. The van der Waals surface area contributed by atoms with Crippen molar-refractivity contribution in [1.29, 1.82) is 0 Å². The van der Waals surface area contributed by atoms with Crippen LogP contribution in [0.4, 0.5) is 0 Å². The summed E-state index contributed by atoms with van der Waals surface area (Å²) in [6.45, 7) is 1.99.